The molecule has 0 amide bonds. The summed E-state index contributed by atoms with van der Waals surface area (Å²) in [6, 6.07) is 15.8. The molecule has 0 aliphatic heterocycles. The Morgan fingerprint density at radius 2 is 0.889 bits per heavy atom. The molecular formula is C30H38O6. The Kier molecular flexibility index (Phi) is 9.57. The van der Waals surface area contributed by atoms with Gasteiger partial charge in [0.05, 0.1) is 0 Å². The normalized spacial score (nSPS) is 13.1. The summed E-state index contributed by atoms with van der Waals surface area (Å²) in [6.45, 7) is 12.1. The predicted molar refractivity (Wildman–Crippen MR) is 142 cm³/mol. The van der Waals surface area contributed by atoms with Crippen LogP contribution in [0.25, 0.3) is 21.5 Å². The fourth-order valence-electron chi connectivity index (χ4n) is 4.04. The van der Waals surface area contributed by atoms with Crippen molar-refractivity contribution in [2.45, 2.75) is 66.6 Å². The third-order valence-corrected chi connectivity index (χ3v) is 5.57. The molecule has 36 heavy (non-hydrogen) atoms. The van der Waals surface area contributed by atoms with Gasteiger partial charge in [0.15, 0.2) is 0 Å². The molecule has 0 heterocycles. The number of hydrogen-bond acceptors (Lipinski definition) is 6. The van der Waals surface area contributed by atoms with Gasteiger partial charge in [0.2, 0.25) is 0 Å². The first-order valence-corrected chi connectivity index (χ1v) is 12.7. The minimum absolute atomic E-state index is 0.220. The van der Waals surface area contributed by atoms with Gasteiger partial charge in [0.1, 0.15) is 36.9 Å². The van der Waals surface area contributed by atoms with Gasteiger partial charge in [0.25, 0.3) is 0 Å². The highest BCUT2D eigenvalue weighted by Gasteiger charge is 2.19. The maximum atomic E-state index is 12.1. The number of fused-ring (bicyclic) bond motifs is 2. The molecule has 2 unspecified atom stereocenters. The van der Waals surface area contributed by atoms with Crippen LogP contribution >= 0.6 is 0 Å². The van der Waals surface area contributed by atoms with E-state index in [1.54, 1.807) is 0 Å². The van der Waals surface area contributed by atoms with E-state index in [0.29, 0.717) is 12.8 Å². The minimum Gasteiger partial charge on any atom is -0.488 e. The Hall–Kier alpha value is -3.28. The molecule has 0 N–H and O–H groups in total. The smallest absolute Gasteiger partial charge is 0.306 e. The molecule has 0 aliphatic rings. The number of ether oxygens (including phenoxy) is 4. The molecule has 3 rings (SSSR count). The first-order valence-electron chi connectivity index (χ1n) is 12.7. The predicted octanol–water partition coefficient (Wildman–Crippen LogP) is 6.71. The van der Waals surface area contributed by atoms with Gasteiger partial charge in [-0.2, -0.15) is 0 Å². The second-order valence-electron chi connectivity index (χ2n) is 10.2. The van der Waals surface area contributed by atoms with Crippen LogP contribution in [0.5, 0.6) is 11.5 Å². The Balaban J connectivity index is 1.85. The van der Waals surface area contributed by atoms with Crippen LogP contribution in [0.4, 0.5) is 0 Å². The third-order valence-electron chi connectivity index (χ3n) is 5.57. The average Bonchev–Trinajstić information content (AvgIpc) is 2.79. The number of benzene rings is 3. The van der Waals surface area contributed by atoms with Crippen LogP contribution in [-0.4, -0.2) is 37.4 Å². The lowest BCUT2D eigenvalue weighted by atomic mass is 10.0. The summed E-state index contributed by atoms with van der Waals surface area (Å²) in [6.07, 6.45) is -0.00176. The summed E-state index contributed by atoms with van der Waals surface area (Å²) in [7, 11) is 0. The number of carbonyl (C=O) groups is 2. The Labute approximate surface area is 213 Å². The summed E-state index contributed by atoms with van der Waals surface area (Å²) in [5.41, 5.74) is 0. The van der Waals surface area contributed by atoms with Crippen molar-refractivity contribution in [2.24, 2.45) is 11.8 Å². The van der Waals surface area contributed by atoms with E-state index in [0.717, 1.165) is 33.0 Å². The third kappa shape index (κ3) is 7.36. The van der Waals surface area contributed by atoms with Gasteiger partial charge in [-0.1, -0.05) is 76.2 Å². The average molecular weight is 495 g/mol. The van der Waals surface area contributed by atoms with Gasteiger partial charge in [-0.3, -0.25) is 9.59 Å². The summed E-state index contributed by atoms with van der Waals surface area (Å²) in [5, 5.41) is 3.60. The maximum Gasteiger partial charge on any atom is 0.306 e. The van der Waals surface area contributed by atoms with Crippen molar-refractivity contribution in [3.8, 4) is 11.5 Å². The monoisotopic (exact) mass is 494 g/mol. The molecular weight excluding hydrogens is 456 g/mol. The topological polar surface area (TPSA) is 71.1 Å². The minimum atomic E-state index is -0.383. The lowest BCUT2D eigenvalue weighted by Crippen LogP contribution is -2.23. The van der Waals surface area contributed by atoms with E-state index in [1.807, 2.05) is 90.1 Å². The van der Waals surface area contributed by atoms with E-state index >= 15 is 0 Å². The zero-order chi connectivity index (χ0) is 26.2. The fraction of sp³-hybridized carbons (Fsp3) is 0.467. The van der Waals surface area contributed by atoms with Crippen LogP contribution in [0.15, 0.2) is 48.5 Å². The maximum absolute atomic E-state index is 12.1. The van der Waals surface area contributed by atoms with Gasteiger partial charge in [-0.05, 0) is 25.7 Å². The second-order valence-corrected chi connectivity index (χ2v) is 10.2. The van der Waals surface area contributed by atoms with E-state index in [1.165, 1.54) is 0 Å². The van der Waals surface area contributed by atoms with E-state index in [-0.39, 0.29) is 49.2 Å². The Morgan fingerprint density at radius 1 is 0.583 bits per heavy atom. The largest absolute Gasteiger partial charge is 0.488 e. The van der Waals surface area contributed by atoms with Gasteiger partial charge < -0.3 is 18.9 Å². The van der Waals surface area contributed by atoms with Crippen LogP contribution in [-0.2, 0) is 19.1 Å². The van der Waals surface area contributed by atoms with E-state index in [4.69, 9.17) is 18.9 Å². The zero-order valence-corrected chi connectivity index (χ0v) is 22.2. The molecule has 0 aromatic heterocycles. The molecule has 3 aromatic carbocycles. The van der Waals surface area contributed by atoms with Gasteiger partial charge >= 0.3 is 11.9 Å². The molecule has 0 radical (unpaired) electrons. The highest BCUT2D eigenvalue weighted by molar-refractivity contribution is 6.11. The fourth-order valence-corrected chi connectivity index (χ4v) is 4.04. The van der Waals surface area contributed by atoms with Crippen molar-refractivity contribution in [3.63, 3.8) is 0 Å². The molecule has 6 heteroatoms. The molecule has 0 saturated heterocycles. The van der Waals surface area contributed by atoms with Crippen molar-refractivity contribution in [3.05, 3.63) is 48.5 Å². The number of esters is 2. The van der Waals surface area contributed by atoms with Crippen molar-refractivity contribution in [2.75, 3.05) is 13.2 Å². The van der Waals surface area contributed by atoms with Crippen LogP contribution in [0.2, 0.25) is 0 Å². The Morgan fingerprint density at radius 3 is 1.17 bits per heavy atom. The highest BCUT2D eigenvalue weighted by atomic mass is 16.6. The number of carbonyl (C=O) groups excluding carboxylic acids is 2. The summed E-state index contributed by atoms with van der Waals surface area (Å²) in [4.78, 5) is 24.1. The first kappa shape index (κ1) is 27.3. The lowest BCUT2D eigenvalue weighted by Gasteiger charge is -2.21. The zero-order valence-electron chi connectivity index (χ0n) is 22.2. The first-order chi connectivity index (χ1) is 17.2. The molecule has 0 fully saturated rings. The molecule has 0 bridgehead atoms. The Bertz CT molecular complexity index is 1030. The van der Waals surface area contributed by atoms with Crippen molar-refractivity contribution >= 4 is 33.5 Å². The van der Waals surface area contributed by atoms with E-state index in [9.17, 15) is 9.59 Å². The molecule has 0 saturated carbocycles. The van der Waals surface area contributed by atoms with Crippen molar-refractivity contribution < 1.29 is 28.5 Å². The van der Waals surface area contributed by atoms with Crippen molar-refractivity contribution in [1.82, 2.24) is 0 Å². The summed E-state index contributed by atoms with van der Waals surface area (Å²) >= 11 is 0. The van der Waals surface area contributed by atoms with Gasteiger partial charge in [-0.15, -0.1) is 0 Å². The van der Waals surface area contributed by atoms with Gasteiger partial charge in [-0.25, -0.2) is 0 Å². The number of rotatable bonds is 12. The highest BCUT2D eigenvalue weighted by Crippen LogP contribution is 2.42. The van der Waals surface area contributed by atoms with Crippen LogP contribution in [0.3, 0.4) is 0 Å². The lowest BCUT2D eigenvalue weighted by molar-refractivity contribution is -0.151. The molecule has 0 aliphatic carbocycles. The second kappa shape index (κ2) is 12.6. The molecule has 2 atom stereocenters. The van der Waals surface area contributed by atoms with Crippen LogP contribution in [0.1, 0.15) is 54.4 Å². The van der Waals surface area contributed by atoms with Gasteiger partial charge in [0, 0.05) is 34.4 Å². The standard InChI is InChI=1S/C30H38O6/c1-19(2)15-27(31)35-21(5)17-33-29-23-11-7-9-13-25(23)30(26-14-10-8-12-24(26)29)34-18-22(6)36-28(32)16-20(3)4/h7-14,19-22H,15-18H2,1-6H3. The summed E-state index contributed by atoms with van der Waals surface area (Å²) in [5.74, 6) is 1.49. The quantitative estimate of drug-likeness (QED) is 0.206. The SMILES string of the molecule is CC(C)CC(=O)OC(C)COc1c2ccccc2c(OCC(C)OC(=O)CC(C)C)c2ccccc12. The molecule has 3 aromatic rings. The van der Waals surface area contributed by atoms with Crippen LogP contribution in [0, 0.1) is 11.8 Å². The van der Waals surface area contributed by atoms with E-state index in [2.05, 4.69) is 0 Å². The van der Waals surface area contributed by atoms with E-state index < -0.39 is 0 Å². The van der Waals surface area contributed by atoms with Crippen LogP contribution < -0.4 is 9.47 Å². The number of hydrogen-bond donors (Lipinski definition) is 0. The summed E-state index contributed by atoms with van der Waals surface area (Å²) < 4.78 is 23.6. The molecule has 6 nitrogen and oxygen atoms in total. The molecule has 194 valence electrons. The molecule has 0 spiro atoms. The van der Waals surface area contributed by atoms with Crippen molar-refractivity contribution in [1.29, 1.82) is 0 Å².